The zero-order chi connectivity index (χ0) is 9.14. The van der Waals surface area contributed by atoms with Crippen molar-refractivity contribution >= 4 is 21.7 Å². The Labute approximate surface area is 82.4 Å². The highest BCUT2D eigenvalue weighted by Gasteiger charge is 2.21. The van der Waals surface area contributed by atoms with Gasteiger partial charge in [0.05, 0.1) is 5.33 Å². The average molecular weight is 231 g/mol. The Hall–Kier alpha value is -0.110. The summed E-state index contributed by atoms with van der Waals surface area (Å²) in [6.45, 7) is 4.47. The predicted molar refractivity (Wildman–Crippen MR) is 54.4 cm³/mol. The summed E-state index contributed by atoms with van der Waals surface area (Å²) < 4.78 is 0. The summed E-state index contributed by atoms with van der Waals surface area (Å²) in [7, 11) is 0. The average Bonchev–Trinajstić information content (AvgIpc) is 2.08. The highest BCUT2D eigenvalue weighted by Crippen LogP contribution is 2.29. The molecule has 0 bridgehead atoms. The highest BCUT2D eigenvalue weighted by atomic mass is 79.9. The van der Waals surface area contributed by atoms with Crippen LogP contribution in [0.1, 0.15) is 26.7 Å². The van der Waals surface area contributed by atoms with Gasteiger partial charge in [0, 0.05) is 0 Å². The Morgan fingerprint density at radius 3 is 2.75 bits per heavy atom. The quantitative estimate of drug-likeness (QED) is 0.668. The van der Waals surface area contributed by atoms with Crippen LogP contribution in [0.5, 0.6) is 0 Å². The summed E-state index contributed by atoms with van der Waals surface area (Å²) in [4.78, 5) is 11.3. The van der Waals surface area contributed by atoms with E-state index in [2.05, 4.69) is 35.9 Å². The summed E-state index contributed by atoms with van der Waals surface area (Å²) in [6, 6.07) is 0. The molecule has 1 aliphatic carbocycles. The van der Waals surface area contributed by atoms with Crippen molar-refractivity contribution in [2.45, 2.75) is 26.7 Å². The molecule has 0 aromatic carbocycles. The van der Waals surface area contributed by atoms with Crippen LogP contribution in [-0.4, -0.2) is 11.1 Å². The number of carbonyl (C=O) groups is 1. The second-order valence-electron chi connectivity index (χ2n) is 3.68. The van der Waals surface area contributed by atoms with E-state index in [-0.39, 0.29) is 5.78 Å². The number of halogens is 1. The van der Waals surface area contributed by atoms with Crippen LogP contribution in [0.3, 0.4) is 0 Å². The van der Waals surface area contributed by atoms with Crippen LogP contribution in [0, 0.1) is 11.8 Å². The van der Waals surface area contributed by atoms with Crippen LogP contribution in [0.4, 0.5) is 0 Å². The van der Waals surface area contributed by atoms with Gasteiger partial charge in [-0.25, -0.2) is 0 Å². The van der Waals surface area contributed by atoms with Crippen LogP contribution < -0.4 is 0 Å². The molecule has 0 saturated carbocycles. The van der Waals surface area contributed by atoms with Crippen molar-refractivity contribution < 1.29 is 4.79 Å². The van der Waals surface area contributed by atoms with Gasteiger partial charge in [0.1, 0.15) is 0 Å². The van der Waals surface area contributed by atoms with Crippen molar-refractivity contribution in [3.63, 3.8) is 0 Å². The minimum Gasteiger partial charge on any atom is -0.294 e. The fourth-order valence-corrected chi connectivity index (χ4v) is 1.87. The van der Waals surface area contributed by atoms with Gasteiger partial charge in [-0.1, -0.05) is 35.9 Å². The van der Waals surface area contributed by atoms with Crippen molar-refractivity contribution in [1.82, 2.24) is 0 Å². The predicted octanol–water partition coefficient (Wildman–Crippen LogP) is 2.94. The molecule has 0 saturated heterocycles. The monoisotopic (exact) mass is 230 g/mol. The molecule has 0 fully saturated rings. The minimum absolute atomic E-state index is 0.258. The number of rotatable bonds is 2. The van der Waals surface area contributed by atoms with Crippen molar-refractivity contribution in [3.8, 4) is 0 Å². The Kier molecular flexibility index (Phi) is 3.51. The maximum atomic E-state index is 11.3. The first-order chi connectivity index (χ1) is 5.65. The number of Topliss-reactive ketones (excluding diaryl/α,β-unsaturated/α-hetero) is 1. The van der Waals surface area contributed by atoms with Gasteiger partial charge in [-0.3, -0.25) is 4.79 Å². The van der Waals surface area contributed by atoms with Crippen molar-refractivity contribution in [2.24, 2.45) is 11.8 Å². The van der Waals surface area contributed by atoms with Gasteiger partial charge in [0.2, 0.25) is 0 Å². The Morgan fingerprint density at radius 2 is 2.25 bits per heavy atom. The van der Waals surface area contributed by atoms with Gasteiger partial charge in [-0.15, -0.1) is 0 Å². The Morgan fingerprint density at radius 1 is 1.58 bits per heavy atom. The Bertz CT molecular complexity index is 208. The van der Waals surface area contributed by atoms with E-state index in [0.29, 0.717) is 11.2 Å². The van der Waals surface area contributed by atoms with Gasteiger partial charge in [-0.2, -0.15) is 0 Å². The molecule has 1 rings (SSSR count). The molecule has 0 aromatic heterocycles. The second kappa shape index (κ2) is 4.22. The van der Waals surface area contributed by atoms with E-state index in [1.165, 1.54) is 0 Å². The maximum Gasteiger partial charge on any atom is 0.169 e. The third kappa shape index (κ3) is 2.19. The topological polar surface area (TPSA) is 17.1 Å². The molecule has 0 N–H and O–H groups in total. The molecular weight excluding hydrogens is 216 g/mol. The SMILES string of the molecule is CC1CC=C(C(=O)CBr)CC1C. The van der Waals surface area contributed by atoms with Crippen molar-refractivity contribution in [1.29, 1.82) is 0 Å². The lowest BCUT2D eigenvalue weighted by Crippen LogP contribution is -2.17. The molecule has 68 valence electrons. The smallest absolute Gasteiger partial charge is 0.169 e. The van der Waals surface area contributed by atoms with E-state index in [1.54, 1.807) is 0 Å². The van der Waals surface area contributed by atoms with Crippen LogP contribution in [0.25, 0.3) is 0 Å². The largest absolute Gasteiger partial charge is 0.294 e. The first kappa shape index (κ1) is 9.97. The van der Waals surface area contributed by atoms with E-state index < -0.39 is 0 Å². The van der Waals surface area contributed by atoms with Gasteiger partial charge >= 0.3 is 0 Å². The molecule has 0 aliphatic heterocycles. The zero-order valence-electron chi connectivity index (χ0n) is 7.64. The second-order valence-corrected chi connectivity index (χ2v) is 4.24. The van der Waals surface area contributed by atoms with E-state index >= 15 is 0 Å². The van der Waals surface area contributed by atoms with Crippen LogP contribution in [0.15, 0.2) is 11.6 Å². The number of allylic oxidation sites excluding steroid dienone is 2. The van der Waals surface area contributed by atoms with E-state index in [4.69, 9.17) is 0 Å². The van der Waals surface area contributed by atoms with Crippen LogP contribution in [0.2, 0.25) is 0 Å². The summed E-state index contributed by atoms with van der Waals surface area (Å²) >= 11 is 3.19. The third-order valence-electron chi connectivity index (χ3n) is 2.73. The molecule has 0 spiro atoms. The van der Waals surface area contributed by atoms with Crippen LogP contribution >= 0.6 is 15.9 Å². The number of alkyl halides is 1. The summed E-state index contributed by atoms with van der Waals surface area (Å²) in [5.74, 6) is 1.65. The van der Waals surface area contributed by atoms with Crippen molar-refractivity contribution in [2.75, 3.05) is 5.33 Å². The van der Waals surface area contributed by atoms with E-state index in [0.717, 1.165) is 24.3 Å². The molecule has 12 heavy (non-hydrogen) atoms. The third-order valence-corrected chi connectivity index (χ3v) is 3.24. The molecule has 0 heterocycles. The Balaban J connectivity index is 2.64. The summed E-state index contributed by atoms with van der Waals surface area (Å²) in [5.41, 5.74) is 1.03. The molecule has 2 unspecified atom stereocenters. The summed E-state index contributed by atoms with van der Waals surface area (Å²) in [6.07, 6.45) is 4.13. The van der Waals surface area contributed by atoms with Crippen LogP contribution in [-0.2, 0) is 4.79 Å². The standard InChI is InChI=1S/C10H15BrO/c1-7-3-4-9(5-8(7)2)10(12)6-11/h4,7-8H,3,5-6H2,1-2H3. The molecule has 0 radical (unpaired) electrons. The molecule has 0 aromatic rings. The fraction of sp³-hybridized carbons (Fsp3) is 0.700. The maximum absolute atomic E-state index is 11.3. The normalized spacial score (nSPS) is 29.8. The number of hydrogen-bond donors (Lipinski definition) is 0. The fourth-order valence-electron chi connectivity index (χ4n) is 1.51. The summed E-state index contributed by atoms with van der Waals surface area (Å²) in [5, 5.41) is 0.472. The first-order valence-corrected chi connectivity index (χ1v) is 5.55. The van der Waals surface area contributed by atoms with E-state index in [9.17, 15) is 4.79 Å². The lowest BCUT2D eigenvalue weighted by molar-refractivity contribution is -0.113. The van der Waals surface area contributed by atoms with Crippen molar-refractivity contribution in [3.05, 3.63) is 11.6 Å². The lowest BCUT2D eigenvalue weighted by Gasteiger charge is -2.24. The minimum atomic E-state index is 0.258. The molecule has 0 amide bonds. The van der Waals surface area contributed by atoms with Gasteiger partial charge in [0.25, 0.3) is 0 Å². The zero-order valence-corrected chi connectivity index (χ0v) is 9.23. The first-order valence-electron chi connectivity index (χ1n) is 4.43. The molecule has 2 atom stereocenters. The number of hydrogen-bond acceptors (Lipinski definition) is 1. The number of ketones is 1. The van der Waals surface area contributed by atoms with Gasteiger partial charge in [0.15, 0.2) is 5.78 Å². The highest BCUT2D eigenvalue weighted by molar-refractivity contribution is 9.09. The molecular formula is C10H15BrO. The lowest BCUT2D eigenvalue weighted by atomic mass is 9.81. The van der Waals surface area contributed by atoms with Gasteiger partial charge < -0.3 is 0 Å². The number of carbonyl (C=O) groups excluding carboxylic acids is 1. The molecule has 2 heteroatoms. The van der Waals surface area contributed by atoms with Gasteiger partial charge in [-0.05, 0) is 30.3 Å². The molecule has 1 aliphatic rings. The van der Waals surface area contributed by atoms with E-state index in [1.807, 2.05) is 0 Å². The molecule has 1 nitrogen and oxygen atoms in total.